The first kappa shape index (κ1) is 18.1. The number of thiol groups is 1. The number of allylic oxidation sites excluding steroid dienone is 1. The average Bonchev–Trinajstić information content (AvgIpc) is 2.33. The minimum Gasteiger partial charge on any atom is -0.780 e. The molecule has 2 aliphatic heterocycles. The molecule has 2 rings (SSSR count). The van der Waals surface area contributed by atoms with Crippen molar-refractivity contribution in [2.45, 2.75) is 18.1 Å². The van der Waals surface area contributed by atoms with Crippen LogP contribution in [0.4, 0.5) is 0 Å². The molecular weight excluding hydrogens is 478 g/mol. The number of dihydropyridines is 1. The van der Waals surface area contributed by atoms with Gasteiger partial charge in [0.15, 0.2) is 0 Å². The van der Waals surface area contributed by atoms with E-state index >= 15 is 0 Å². The molecule has 2 aliphatic rings. The Morgan fingerprint density at radius 1 is 1.41 bits per heavy atom. The van der Waals surface area contributed by atoms with Gasteiger partial charge in [-0.3, -0.25) is 0 Å². The molecule has 2 heterocycles. The molecule has 0 unspecified atom stereocenters. The summed E-state index contributed by atoms with van der Waals surface area (Å²) in [5, 5.41) is 7.81. The quantitative estimate of drug-likeness (QED) is 0.399. The van der Waals surface area contributed by atoms with Gasteiger partial charge in [0.25, 0.3) is 0 Å². The molecule has 0 aliphatic carbocycles. The fourth-order valence-corrected chi connectivity index (χ4v) is 1.56. The molecule has 1 N–H and O–H groups in total. The predicted octanol–water partition coefficient (Wildman–Crippen LogP) is 3.36. The van der Waals surface area contributed by atoms with Crippen LogP contribution in [0.15, 0.2) is 23.3 Å². The van der Waals surface area contributed by atoms with Gasteiger partial charge in [0.1, 0.15) is 0 Å². The van der Waals surface area contributed by atoms with E-state index in [1.165, 1.54) is 12.8 Å². The van der Waals surface area contributed by atoms with Crippen LogP contribution in [0.25, 0.3) is 5.32 Å². The van der Waals surface area contributed by atoms with Crippen LogP contribution in [0.2, 0.25) is 0 Å². The Bertz CT molecular complexity index is 234. The summed E-state index contributed by atoms with van der Waals surface area (Å²) >= 11 is 8.65. The molecule has 0 radical (unpaired) electrons. The van der Waals surface area contributed by atoms with Crippen LogP contribution >= 0.6 is 31.5 Å². The third-order valence-corrected chi connectivity index (χ3v) is 2.85. The Balaban J connectivity index is 0.000000247. The molecule has 0 aromatic rings. The van der Waals surface area contributed by atoms with Crippen molar-refractivity contribution in [2.75, 3.05) is 19.6 Å². The molecule has 0 amide bonds. The average molecular weight is 494 g/mol. The topological polar surface area (TPSA) is 26.1 Å². The summed E-state index contributed by atoms with van der Waals surface area (Å²) < 4.78 is 0. The van der Waals surface area contributed by atoms with E-state index in [0.29, 0.717) is 5.25 Å². The zero-order chi connectivity index (χ0) is 12.9. The number of halogens is 2. The van der Waals surface area contributed by atoms with Crippen LogP contribution in [0.1, 0.15) is 12.8 Å². The van der Waals surface area contributed by atoms with Crippen molar-refractivity contribution >= 4 is 44.1 Å². The second kappa shape index (κ2) is 13.5. The molecule has 17 heavy (non-hydrogen) atoms. The van der Waals surface area contributed by atoms with Crippen molar-refractivity contribution in [2.24, 2.45) is 0 Å². The molecule has 1 fully saturated rings. The summed E-state index contributed by atoms with van der Waals surface area (Å²) in [6, 6.07) is 0. The van der Waals surface area contributed by atoms with Gasteiger partial charge in [-0.25, -0.2) is 0 Å². The summed E-state index contributed by atoms with van der Waals surface area (Å²) in [7, 11) is 9.75. The van der Waals surface area contributed by atoms with E-state index < -0.39 is 16.5 Å². The first-order chi connectivity index (χ1) is 8.20. The van der Waals surface area contributed by atoms with Crippen molar-refractivity contribution in [3.63, 3.8) is 0 Å². The van der Waals surface area contributed by atoms with E-state index in [4.69, 9.17) is 31.5 Å². The van der Waals surface area contributed by atoms with Crippen molar-refractivity contribution in [3.8, 4) is 0 Å². The Kier molecular flexibility index (Phi) is 14.4. The van der Waals surface area contributed by atoms with E-state index in [9.17, 15) is 0 Å². The molecule has 7 heteroatoms. The van der Waals surface area contributed by atoms with Crippen molar-refractivity contribution in [1.29, 1.82) is 0 Å². The zero-order valence-corrected chi connectivity index (χ0v) is 14.7. The number of nitrogens with zero attached hydrogens (tertiary/aromatic N) is 1. The van der Waals surface area contributed by atoms with Gasteiger partial charge in [0.05, 0.1) is 0 Å². The Morgan fingerprint density at radius 3 is 2.24 bits per heavy atom. The summed E-state index contributed by atoms with van der Waals surface area (Å²) in [5.74, 6) is 0. The maximum atomic E-state index is 4.88. The molecule has 0 aromatic heterocycles. The number of piperidine rings is 1. The number of hydrogen-bond donors (Lipinski definition) is 2. The molecule has 0 aromatic carbocycles. The Hall–Kier alpha value is 1.08. The minimum absolute atomic E-state index is 0.472. The van der Waals surface area contributed by atoms with Crippen LogP contribution in [0.5, 0.6) is 0 Å². The van der Waals surface area contributed by atoms with Crippen molar-refractivity contribution in [3.05, 3.63) is 28.6 Å². The van der Waals surface area contributed by atoms with Gasteiger partial charge < -0.3 is 23.3 Å². The summed E-state index contributed by atoms with van der Waals surface area (Å²) in [6.45, 7) is 2.96. The molecule has 0 spiro atoms. The standard InChI is InChI=1S/C5H10NS.C5H7NS.2ClH.Pt/c2*7-5-1-3-6-4-2-5;;;/h5,7H,1-4H2;1-3,6-7H,4H2;2*1H;/q-1;;;;+4/p-3. The summed E-state index contributed by atoms with van der Waals surface area (Å²) in [6.07, 6.45) is 8.07. The van der Waals surface area contributed by atoms with Gasteiger partial charge >= 0.3 is 35.3 Å². The first-order valence-electron chi connectivity index (χ1n) is 5.11. The fourth-order valence-electron chi connectivity index (χ4n) is 1.17. The van der Waals surface area contributed by atoms with Gasteiger partial charge in [-0.15, -0.1) is 13.1 Å². The van der Waals surface area contributed by atoms with Crippen LogP contribution in [0.3, 0.4) is 0 Å². The normalized spacial score (nSPS) is 19.1. The monoisotopic (exact) mass is 493 g/mol. The molecule has 1 saturated heterocycles. The predicted molar refractivity (Wildman–Crippen MR) is 79.4 cm³/mol. The van der Waals surface area contributed by atoms with Crippen LogP contribution in [-0.4, -0.2) is 24.9 Å². The summed E-state index contributed by atoms with van der Waals surface area (Å²) in [5.41, 5.74) is 0. The molecule has 0 bridgehead atoms. The summed E-state index contributed by atoms with van der Waals surface area (Å²) in [4.78, 5) is 0.929. The first-order valence-corrected chi connectivity index (χ1v) is 11.7. The van der Waals surface area contributed by atoms with E-state index in [1.807, 2.05) is 18.4 Å². The SMILES string of the molecule is SC1CC[N-]CC1.[Cl][Pt+2][Cl].[S-]C1=CCNC=C1. The minimum atomic E-state index is -0.472. The zero-order valence-electron chi connectivity index (χ0n) is 9.22. The number of rotatable bonds is 0. The largest absolute Gasteiger partial charge is 0.780 e. The number of hydrogen-bond acceptors (Lipinski definition) is 3. The van der Waals surface area contributed by atoms with Gasteiger partial charge in [-0.05, 0) is 11.4 Å². The van der Waals surface area contributed by atoms with Crippen molar-refractivity contribution in [1.82, 2.24) is 5.32 Å². The van der Waals surface area contributed by atoms with Gasteiger partial charge in [-0.1, -0.05) is 25.0 Å². The van der Waals surface area contributed by atoms with Crippen LogP contribution < -0.4 is 5.32 Å². The molecular formula is C10H16Cl2N2PtS2. The van der Waals surface area contributed by atoms with E-state index in [-0.39, 0.29) is 0 Å². The Morgan fingerprint density at radius 2 is 2.00 bits per heavy atom. The number of nitrogens with one attached hydrogen (secondary N) is 1. The third-order valence-electron chi connectivity index (χ3n) is 2.03. The van der Waals surface area contributed by atoms with Crippen molar-refractivity contribution < 1.29 is 16.5 Å². The van der Waals surface area contributed by atoms with Crippen LogP contribution in [-0.2, 0) is 29.1 Å². The smallest absolute Gasteiger partial charge is 0.0314 e. The Labute approximate surface area is 131 Å². The fraction of sp³-hybridized carbons (Fsp3) is 0.600. The van der Waals surface area contributed by atoms with Gasteiger partial charge in [-0.2, -0.15) is 17.5 Å². The molecule has 102 valence electrons. The maximum Gasteiger partial charge on any atom is 0.0314 e. The van der Waals surface area contributed by atoms with Gasteiger partial charge in [0.2, 0.25) is 0 Å². The van der Waals surface area contributed by atoms with E-state index in [0.717, 1.165) is 24.5 Å². The third kappa shape index (κ3) is 13.3. The maximum absolute atomic E-state index is 4.88. The van der Waals surface area contributed by atoms with Gasteiger partial charge in [0, 0.05) is 6.54 Å². The molecule has 0 saturated carbocycles. The molecule has 2 nitrogen and oxygen atoms in total. The van der Waals surface area contributed by atoms with E-state index in [1.54, 1.807) is 0 Å². The van der Waals surface area contributed by atoms with Crippen LogP contribution in [0, 0.1) is 0 Å². The molecule has 0 atom stereocenters. The van der Waals surface area contributed by atoms with E-state index in [2.05, 4.69) is 23.3 Å². The second-order valence-corrected chi connectivity index (χ2v) is 7.78. The second-order valence-electron chi connectivity index (χ2n) is 3.30.